The number of carbonyl (C=O) groups excluding carboxylic acids is 2. The molecule has 1 atom stereocenters. The third-order valence-corrected chi connectivity index (χ3v) is 4.05. The van der Waals surface area contributed by atoms with Gasteiger partial charge in [0.2, 0.25) is 0 Å². The van der Waals surface area contributed by atoms with E-state index in [1.165, 1.54) is 12.1 Å². The van der Waals surface area contributed by atoms with Gasteiger partial charge in [-0.05, 0) is 17.7 Å². The smallest absolute Gasteiger partial charge is 0.312 e. The first-order valence-electron chi connectivity index (χ1n) is 7.17. The number of rotatable bonds is 6. The number of urea groups is 1. The summed E-state index contributed by atoms with van der Waals surface area (Å²) in [6, 6.07) is 10.5. The number of nitrogens with one attached hydrogen (secondary N) is 3. The summed E-state index contributed by atoms with van der Waals surface area (Å²) >= 11 is 17.9. The molecular formula is C16H15Cl3N4O2. The van der Waals surface area contributed by atoms with E-state index in [9.17, 15) is 9.59 Å². The quantitative estimate of drug-likeness (QED) is 0.559. The van der Waals surface area contributed by atoms with Crippen LogP contribution in [0.3, 0.4) is 0 Å². The summed E-state index contributed by atoms with van der Waals surface area (Å²) in [5.41, 5.74) is 11.4. The third kappa shape index (κ3) is 5.70. The zero-order valence-electron chi connectivity index (χ0n) is 12.9. The molecule has 0 fully saturated rings. The maximum Gasteiger partial charge on any atom is 0.312 e. The number of hydrogen-bond donors (Lipinski definition) is 4. The topological polar surface area (TPSA) is 96.2 Å². The van der Waals surface area contributed by atoms with Crippen LogP contribution in [0.4, 0.5) is 10.5 Å². The molecule has 2 rings (SSSR count). The van der Waals surface area contributed by atoms with Crippen molar-refractivity contribution in [3.05, 3.63) is 63.1 Å². The molecule has 0 bridgehead atoms. The Morgan fingerprint density at radius 1 is 1.04 bits per heavy atom. The van der Waals surface area contributed by atoms with Gasteiger partial charge in [0.05, 0.1) is 15.7 Å². The fourth-order valence-corrected chi connectivity index (χ4v) is 3.02. The average Bonchev–Trinajstić information content (AvgIpc) is 2.53. The molecule has 0 aliphatic rings. The Morgan fingerprint density at radius 2 is 1.64 bits per heavy atom. The molecule has 5 N–H and O–H groups in total. The maximum absolute atomic E-state index is 12.4. The Hall–Kier alpha value is -2.15. The van der Waals surface area contributed by atoms with E-state index in [0.717, 1.165) is 5.56 Å². The van der Waals surface area contributed by atoms with Crippen molar-refractivity contribution in [1.29, 1.82) is 0 Å². The summed E-state index contributed by atoms with van der Waals surface area (Å²) in [4.78, 5) is 23.6. The first-order valence-corrected chi connectivity index (χ1v) is 8.30. The molecule has 2 aromatic carbocycles. The van der Waals surface area contributed by atoms with Gasteiger partial charge < -0.3 is 11.1 Å². The second kappa shape index (κ2) is 8.80. The van der Waals surface area contributed by atoms with Crippen LogP contribution in [-0.4, -0.2) is 18.0 Å². The normalized spacial score (nSPS) is 11.5. The van der Waals surface area contributed by atoms with Gasteiger partial charge in [-0.3, -0.25) is 15.6 Å². The Balaban J connectivity index is 2.08. The van der Waals surface area contributed by atoms with E-state index in [2.05, 4.69) is 16.2 Å². The van der Waals surface area contributed by atoms with Gasteiger partial charge in [0.1, 0.15) is 6.04 Å². The van der Waals surface area contributed by atoms with E-state index in [4.69, 9.17) is 40.5 Å². The third-order valence-electron chi connectivity index (χ3n) is 3.23. The van der Waals surface area contributed by atoms with E-state index >= 15 is 0 Å². The minimum atomic E-state index is -0.878. The lowest BCUT2D eigenvalue weighted by molar-refractivity contribution is -0.122. The second-order valence-electron chi connectivity index (χ2n) is 5.11. The van der Waals surface area contributed by atoms with E-state index in [1.807, 2.05) is 30.3 Å². The van der Waals surface area contributed by atoms with Gasteiger partial charge in [-0.1, -0.05) is 65.1 Å². The number of primary amides is 1. The van der Waals surface area contributed by atoms with Crippen molar-refractivity contribution in [2.75, 3.05) is 5.43 Å². The van der Waals surface area contributed by atoms with Crippen molar-refractivity contribution >= 4 is 52.4 Å². The van der Waals surface area contributed by atoms with Crippen molar-refractivity contribution in [2.45, 2.75) is 12.5 Å². The molecule has 1 unspecified atom stereocenters. The highest BCUT2D eigenvalue weighted by molar-refractivity contribution is 6.41. The van der Waals surface area contributed by atoms with Crippen LogP contribution in [0, 0.1) is 0 Å². The highest BCUT2D eigenvalue weighted by Gasteiger charge is 2.21. The molecule has 0 aromatic heterocycles. The van der Waals surface area contributed by atoms with Gasteiger partial charge in [0, 0.05) is 11.4 Å². The number of hydrogen-bond acceptors (Lipinski definition) is 3. The predicted molar refractivity (Wildman–Crippen MR) is 99.9 cm³/mol. The van der Waals surface area contributed by atoms with Gasteiger partial charge >= 0.3 is 6.03 Å². The lowest BCUT2D eigenvalue weighted by Crippen LogP contribution is -2.51. The lowest BCUT2D eigenvalue weighted by atomic mass is 10.1. The molecule has 0 heterocycles. The van der Waals surface area contributed by atoms with Gasteiger partial charge in [-0.2, -0.15) is 0 Å². The zero-order valence-corrected chi connectivity index (χ0v) is 15.1. The molecule has 2 aromatic rings. The number of benzene rings is 2. The number of amides is 3. The van der Waals surface area contributed by atoms with Crippen molar-refractivity contribution in [2.24, 2.45) is 5.73 Å². The molecule has 0 radical (unpaired) electrons. The second-order valence-corrected chi connectivity index (χ2v) is 6.36. The van der Waals surface area contributed by atoms with Crippen LogP contribution in [0.5, 0.6) is 0 Å². The Labute approximate surface area is 159 Å². The van der Waals surface area contributed by atoms with E-state index in [-0.39, 0.29) is 16.5 Å². The summed E-state index contributed by atoms with van der Waals surface area (Å²) in [7, 11) is 0. The molecule has 0 aliphatic heterocycles. The predicted octanol–water partition coefficient (Wildman–Crippen LogP) is 3.37. The van der Waals surface area contributed by atoms with Crippen LogP contribution >= 0.6 is 34.8 Å². The molecule has 0 aliphatic carbocycles. The van der Waals surface area contributed by atoms with Crippen LogP contribution in [0.2, 0.25) is 15.1 Å². The number of nitrogens with two attached hydrogens (primary N) is 1. The molecule has 9 heteroatoms. The summed E-state index contributed by atoms with van der Waals surface area (Å²) in [5, 5.41) is 3.24. The van der Waals surface area contributed by atoms with Crippen LogP contribution in [0.1, 0.15) is 5.56 Å². The SMILES string of the molecule is NC(=O)NC(Cc1ccccc1)C(=O)NNc1c(Cl)cc(Cl)cc1Cl. The molecule has 0 saturated carbocycles. The largest absolute Gasteiger partial charge is 0.352 e. The Kier molecular flexibility index (Phi) is 6.75. The molecule has 0 spiro atoms. The molecule has 0 saturated heterocycles. The molecule has 6 nitrogen and oxygen atoms in total. The van der Waals surface area contributed by atoms with Crippen molar-refractivity contribution in [3.63, 3.8) is 0 Å². The highest BCUT2D eigenvalue weighted by atomic mass is 35.5. The van der Waals surface area contributed by atoms with Crippen LogP contribution in [0.25, 0.3) is 0 Å². The first-order chi connectivity index (χ1) is 11.9. The van der Waals surface area contributed by atoms with Crippen LogP contribution in [0.15, 0.2) is 42.5 Å². The molecule has 25 heavy (non-hydrogen) atoms. The molecule has 3 amide bonds. The minimum Gasteiger partial charge on any atom is -0.352 e. The average molecular weight is 402 g/mol. The number of hydrazine groups is 1. The van der Waals surface area contributed by atoms with Gasteiger partial charge in [0.25, 0.3) is 5.91 Å². The van der Waals surface area contributed by atoms with Gasteiger partial charge in [-0.15, -0.1) is 0 Å². The van der Waals surface area contributed by atoms with Crippen LogP contribution < -0.4 is 21.9 Å². The van der Waals surface area contributed by atoms with E-state index in [0.29, 0.717) is 10.7 Å². The van der Waals surface area contributed by atoms with E-state index in [1.54, 1.807) is 0 Å². The summed E-state index contributed by atoms with van der Waals surface area (Å²) < 4.78 is 0. The fraction of sp³-hybridized carbons (Fsp3) is 0.125. The van der Waals surface area contributed by atoms with Gasteiger partial charge in [-0.25, -0.2) is 4.79 Å². The monoisotopic (exact) mass is 400 g/mol. The van der Waals surface area contributed by atoms with Crippen LogP contribution in [-0.2, 0) is 11.2 Å². The standard InChI is InChI=1S/C16H15Cl3N4O2/c17-10-7-11(18)14(12(19)8-10)22-23-15(24)13(21-16(20)25)6-9-4-2-1-3-5-9/h1-5,7-8,13,22H,6H2,(H,23,24)(H3,20,21,25). The maximum atomic E-state index is 12.4. The fourth-order valence-electron chi connectivity index (χ4n) is 2.10. The molecule has 132 valence electrons. The first kappa shape index (κ1) is 19.2. The summed E-state index contributed by atoms with van der Waals surface area (Å²) in [6.45, 7) is 0. The van der Waals surface area contributed by atoms with Crippen molar-refractivity contribution in [1.82, 2.24) is 10.7 Å². The molecular weight excluding hydrogens is 387 g/mol. The zero-order chi connectivity index (χ0) is 18.4. The van der Waals surface area contributed by atoms with E-state index < -0.39 is 18.0 Å². The summed E-state index contributed by atoms with van der Waals surface area (Å²) in [6.07, 6.45) is 0.263. The summed E-state index contributed by atoms with van der Waals surface area (Å²) in [5.74, 6) is -0.510. The lowest BCUT2D eigenvalue weighted by Gasteiger charge is -2.19. The Bertz CT molecular complexity index is 748. The number of halogens is 3. The van der Waals surface area contributed by atoms with Crippen molar-refractivity contribution < 1.29 is 9.59 Å². The van der Waals surface area contributed by atoms with Gasteiger partial charge in [0.15, 0.2) is 0 Å². The highest BCUT2D eigenvalue weighted by Crippen LogP contribution is 2.33. The minimum absolute atomic E-state index is 0.236. The van der Waals surface area contributed by atoms with Crippen molar-refractivity contribution in [3.8, 4) is 0 Å². The number of carbonyl (C=O) groups is 2. The Morgan fingerprint density at radius 3 is 2.20 bits per heavy atom. The number of anilines is 1.